The van der Waals surface area contributed by atoms with Gasteiger partial charge in [-0.1, -0.05) is 11.3 Å². The number of benzene rings is 1. The van der Waals surface area contributed by atoms with Gasteiger partial charge in [-0.2, -0.15) is 10.2 Å². The molecule has 1 N–H and O–H groups in total. The number of hydrogen-bond donors (Lipinski definition) is 1. The summed E-state index contributed by atoms with van der Waals surface area (Å²) in [5.74, 6) is -1.50. The SMILES string of the molecule is COc1ccc(F)cc1[C@H](Cn1c(=O)n([C@H](C)C(=O)O)c(=O)c2c(C)c(-n3nccn3)sc21)OC(C)C. The van der Waals surface area contributed by atoms with E-state index in [4.69, 9.17) is 9.47 Å². The van der Waals surface area contributed by atoms with Crippen LogP contribution in [0.5, 0.6) is 5.75 Å². The van der Waals surface area contributed by atoms with Crippen molar-refractivity contribution in [3.05, 3.63) is 68.4 Å². The highest BCUT2D eigenvalue weighted by atomic mass is 32.1. The summed E-state index contributed by atoms with van der Waals surface area (Å²) in [6.45, 7) is 6.38. The Morgan fingerprint density at radius 3 is 2.46 bits per heavy atom. The number of hydrogen-bond acceptors (Lipinski definition) is 8. The summed E-state index contributed by atoms with van der Waals surface area (Å²) >= 11 is 1.11. The fourth-order valence-corrected chi connectivity index (χ4v) is 5.36. The van der Waals surface area contributed by atoms with Gasteiger partial charge in [-0.15, -0.1) is 4.80 Å². The minimum Gasteiger partial charge on any atom is -0.496 e. The lowest BCUT2D eigenvalue weighted by molar-refractivity contribution is -0.140. The quantitative estimate of drug-likeness (QED) is 0.349. The molecule has 0 spiro atoms. The maximum absolute atomic E-state index is 14.3. The fourth-order valence-electron chi connectivity index (χ4n) is 4.14. The number of rotatable bonds is 9. The second kappa shape index (κ2) is 10.3. The molecule has 13 heteroatoms. The van der Waals surface area contributed by atoms with Gasteiger partial charge >= 0.3 is 11.7 Å². The molecule has 196 valence electrons. The molecule has 1 aromatic carbocycles. The fraction of sp³-hybridized carbons (Fsp3) is 0.375. The minimum atomic E-state index is -1.44. The number of aliphatic carboxylic acids is 1. The van der Waals surface area contributed by atoms with E-state index in [2.05, 4.69) is 10.2 Å². The number of fused-ring (bicyclic) bond motifs is 1. The molecule has 0 fully saturated rings. The van der Waals surface area contributed by atoms with E-state index >= 15 is 0 Å². The van der Waals surface area contributed by atoms with E-state index in [-0.39, 0.29) is 18.0 Å². The molecule has 0 aliphatic rings. The van der Waals surface area contributed by atoms with Gasteiger partial charge in [0, 0.05) is 11.1 Å². The van der Waals surface area contributed by atoms with Gasteiger partial charge in [-0.3, -0.25) is 9.36 Å². The van der Waals surface area contributed by atoms with Gasteiger partial charge < -0.3 is 14.6 Å². The van der Waals surface area contributed by atoms with Crippen LogP contribution in [0, 0.1) is 12.7 Å². The predicted molar refractivity (Wildman–Crippen MR) is 134 cm³/mol. The highest BCUT2D eigenvalue weighted by molar-refractivity contribution is 7.21. The highest BCUT2D eigenvalue weighted by Crippen LogP contribution is 2.34. The number of carbonyl (C=O) groups is 1. The average molecular weight is 532 g/mol. The Morgan fingerprint density at radius 2 is 1.86 bits per heavy atom. The van der Waals surface area contributed by atoms with E-state index in [1.54, 1.807) is 20.8 Å². The molecule has 11 nitrogen and oxygen atoms in total. The summed E-state index contributed by atoms with van der Waals surface area (Å²) in [7, 11) is 1.44. The second-order valence-electron chi connectivity index (χ2n) is 8.67. The van der Waals surface area contributed by atoms with Gasteiger partial charge in [0.15, 0.2) is 0 Å². The van der Waals surface area contributed by atoms with Crippen LogP contribution in [0.1, 0.15) is 44.0 Å². The molecule has 0 radical (unpaired) electrons. The third kappa shape index (κ3) is 4.79. The standard InChI is InChI=1S/C24H26FN5O6S/c1-12(2)36-18(16-10-15(25)6-7-17(16)35-5)11-28-22-19(13(3)21(37-22)30-26-8-9-27-30)20(31)29(24(28)34)14(4)23(32)33/h6-10,12,14,18H,11H2,1-5H3,(H,32,33)/t14-,18+/m1/s1. The summed E-state index contributed by atoms with van der Waals surface area (Å²) < 4.78 is 27.8. The highest BCUT2D eigenvalue weighted by Gasteiger charge is 2.29. The van der Waals surface area contributed by atoms with Crippen LogP contribution in [0.15, 0.2) is 40.2 Å². The molecular formula is C24H26FN5O6S. The van der Waals surface area contributed by atoms with Gasteiger partial charge in [-0.25, -0.2) is 18.5 Å². The van der Waals surface area contributed by atoms with Gasteiger partial charge in [0.05, 0.1) is 37.5 Å². The first kappa shape index (κ1) is 26.2. The minimum absolute atomic E-state index is 0.147. The summed E-state index contributed by atoms with van der Waals surface area (Å²) in [6, 6.07) is 2.54. The lowest BCUT2D eigenvalue weighted by Crippen LogP contribution is -2.44. The van der Waals surface area contributed by atoms with Crippen LogP contribution < -0.4 is 16.0 Å². The van der Waals surface area contributed by atoms with Crippen molar-refractivity contribution in [1.29, 1.82) is 0 Å². The molecule has 0 bridgehead atoms. The summed E-state index contributed by atoms with van der Waals surface area (Å²) in [5.41, 5.74) is -0.710. The van der Waals surface area contributed by atoms with Crippen molar-refractivity contribution in [3.63, 3.8) is 0 Å². The second-order valence-corrected chi connectivity index (χ2v) is 9.65. The first-order valence-electron chi connectivity index (χ1n) is 11.4. The number of aryl methyl sites for hydroxylation is 1. The maximum atomic E-state index is 14.3. The van der Waals surface area contributed by atoms with Crippen LogP contribution >= 0.6 is 11.3 Å². The number of halogens is 1. The lowest BCUT2D eigenvalue weighted by atomic mass is 10.1. The van der Waals surface area contributed by atoms with Crippen molar-refractivity contribution in [2.75, 3.05) is 7.11 Å². The van der Waals surface area contributed by atoms with E-state index in [0.29, 0.717) is 31.3 Å². The van der Waals surface area contributed by atoms with Crippen LogP contribution in [0.4, 0.5) is 4.39 Å². The maximum Gasteiger partial charge on any atom is 0.333 e. The first-order valence-corrected chi connectivity index (χ1v) is 12.2. The van der Waals surface area contributed by atoms with Crippen molar-refractivity contribution in [2.45, 2.75) is 52.5 Å². The molecule has 0 aliphatic heterocycles. The number of ether oxygens (including phenoxy) is 2. The molecule has 4 aromatic rings. The monoisotopic (exact) mass is 531 g/mol. The van der Waals surface area contributed by atoms with Crippen LogP contribution in [-0.2, 0) is 16.1 Å². The van der Waals surface area contributed by atoms with E-state index < -0.39 is 35.2 Å². The third-order valence-corrected chi connectivity index (χ3v) is 7.17. The van der Waals surface area contributed by atoms with Gasteiger partial charge in [0.2, 0.25) is 0 Å². The average Bonchev–Trinajstić information content (AvgIpc) is 3.48. The number of thiophene rings is 1. The number of aromatic nitrogens is 5. The zero-order chi connectivity index (χ0) is 27.0. The summed E-state index contributed by atoms with van der Waals surface area (Å²) in [4.78, 5) is 40.6. The van der Waals surface area contributed by atoms with Crippen LogP contribution in [0.3, 0.4) is 0 Å². The topological polar surface area (TPSA) is 130 Å². The van der Waals surface area contributed by atoms with Crippen molar-refractivity contribution in [2.24, 2.45) is 0 Å². The Hall–Kier alpha value is -3.84. The van der Waals surface area contributed by atoms with E-state index in [1.165, 1.54) is 54.0 Å². The summed E-state index contributed by atoms with van der Waals surface area (Å²) in [5, 5.41) is 18.6. The molecule has 0 saturated heterocycles. The summed E-state index contributed by atoms with van der Waals surface area (Å²) in [6.07, 6.45) is 1.77. The Labute approximate surface area is 214 Å². The normalized spacial score (nSPS) is 13.3. The van der Waals surface area contributed by atoms with Gasteiger partial charge in [-0.05, 0) is 45.9 Å². The Balaban J connectivity index is 2.03. The Bertz CT molecular complexity index is 1570. The zero-order valence-corrected chi connectivity index (χ0v) is 21.7. The first-order chi connectivity index (χ1) is 17.5. The molecule has 0 unspecified atom stereocenters. The molecule has 3 aromatic heterocycles. The number of carboxylic acid groups (broad SMARTS) is 1. The van der Waals surface area contributed by atoms with E-state index in [1.807, 2.05) is 0 Å². The molecule has 0 amide bonds. The molecule has 3 heterocycles. The van der Waals surface area contributed by atoms with Crippen molar-refractivity contribution < 1.29 is 23.8 Å². The smallest absolute Gasteiger partial charge is 0.333 e. The van der Waals surface area contributed by atoms with Crippen LogP contribution in [0.2, 0.25) is 0 Å². The van der Waals surface area contributed by atoms with Crippen molar-refractivity contribution >= 4 is 27.5 Å². The lowest BCUT2D eigenvalue weighted by Gasteiger charge is -2.24. The number of methoxy groups -OCH3 is 1. The van der Waals surface area contributed by atoms with Crippen molar-refractivity contribution in [3.8, 4) is 10.8 Å². The molecule has 0 aliphatic carbocycles. The Kier molecular flexibility index (Phi) is 7.28. The van der Waals surface area contributed by atoms with E-state index in [9.17, 15) is 23.9 Å². The molecule has 4 rings (SSSR count). The molecule has 2 atom stereocenters. The molecular weight excluding hydrogens is 505 g/mol. The third-order valence-electron chi connectivity index (χ3n) is 5.89. The molecule has 37 heavy (non-hydrogen) atoms. The van der Waals surface area contributed by atoms with E-state index in [0.717, 1.165) is 11.3 Å². The zero-order valence-electron chi connectivity index (χ0n) is 20.8. The number of carboxylic acids is 1. The van der Waals surface area contributed by atoms with Gasteiger partial charge in [0.25, 0.3) is 5.56 Å². The van der Waals surface area contributed by atoms with Crippen LogP contribution in [-0.4, -0.2) is 48.4 Å². The molecule has 0 saturated carbocycles. The largest absolute Gasteiger partial charge is 0.496 e. The van der Waals surface area contributed by atoms with Gasteiger partial charge in [0.1, 0.15) is 33.5 Å². The Morgan fingerprint density at radius 1 is 1.19 bits per heavy atom. The van der Waals surface area contributed by atoms with Crippen LogP contribution in [0.25, 0.3) is 15.2 Å². The number of nitrogens with zero attached hydrogens (tertiary/aromatic N) is 5. The van der Waals surface area contributed by atoms with Crippen molar-refractivity contribution in [1.82, 2.24) is 24.1 Å². The predicted octanol–water partition coefficient (Wildman–Crippen LogP) is 3.07.